The van der Waals surface area contributed by atoms with Crippen molar-refractivity contribution in [2.24, 2.45) is 0 Å². The third-order valence-electron chi connectivity index (χ3n) is 2.78. The summed E-state index contributed by atoms with van der Waals surface area (Å²) in [5.41, 5.74) is 1.13. The minimum atomic E-state index is -0.578. The van der Waals surface area contributed by atoms with Gasteiger partial charge in [0.1, 0.15) is 17.0 Å². The van der Waals surface area contributed by atoms with Crippen molar-refractivity contribution in [3.63, 3.8) is 0 Å². The third-order valence-corrected chi connectivity index (χ3v) is 2.78. The molecular formula is C16H14N2O4. The maximum Gasteiger partial charge on any atom is 0.344 e. The van der Waals surface area contributed by atoms with Gasteiger partial charge in [-0.3, -0.25) is 4.98 Å². The molecule has 2 aromatic rings. The summed E-state index contributed by atoms with van der Waals surface area (Å²) < 4.78 is 15.1. The minimum absolute atomic E-state index is 0.160. The molecule has 0 aliphatic heterocycles. The lowest BCUT2D eigenvalue weighted by atomic mass is 10.1. The lowest BCUT2D eigenvalue weighted by Gasteiger charge is -2.10. The summed E-state index contributed by atoms with van der Waals surface area (Å²) in [6.45, 7) is 0. The second-order valence-corrected chi connectivity index (χ2v) is 4.07. The molecule has 2 heterocycles. The number of aromatic nitrogens is 2. The van der Waals surface area contributed by atoms with Crippen molar-refractivity contribution in [3.05, 3.63) is 47.4 Å². The van der Waals surface area contributed by atoms with E-state index in [1.165, 1.54) is 27.4 Å². The van der Waals surface area contributed by atoms with Crippen LogP contribution in [-0.4, -0.2) is 37.3 Å². The molecule has 6 nitrogen and oxygen atoms in total. The van der Waals surface area contributed by atoms with Crippen molar-refractivity contribution in [1.82, 2.24) is 9.97 Å². The molecule has 0 radical (unpaired) electrons. The molecule has 0 spiro atoms. The topological polar surface area (TPSA) is 70.5 Å². The molecule has 0 amide bonds. The Morgan fingerprint density at radius 3 is 2.41 bits per heavy atom. The zero-order valence-corrected chi connectivity index (χ0v) is 12.4. The van der Waals surface area contributed by atoms with E-state index in [2.05, 4.69) is 21.8 Å². The zero-order chi connectivity index (χ0) is 15.9. The van der Waals surface area contributed by atoms with E-state index in [0.717, 1.165) is 5.56 Å². The van der Waals surface area contributed by atoms with Crippen LogP contribution in [0.15, 0.2) is 30.6 Å². The van der Waals surface area contributed by atoms with Crippen molar-refractivity contribution in [1.29, 1.82) is 0 Å². The van der Waals surface area contributed by atoms with Gasteiger partial charge in [0, 0.05) is 24.0 Å². The Labute approximate surface area is 128 Å². The molecule has 0 unspecified atom stereocenters. The van der Waals surface area contributed by atoms with Crippen LogP contribution >= 0.6 is 0 Å². The number of esters is 1. The van der Waals surface area contributed by atoms with Crippen LogP contribution in [0.4, 0.5) is 0 Å². The Morgan fingerprint density at radius 1 is 1.09 bits per heavy atom. The van der Waals surface area contributed by atoms with Crippen molar-refractivity contribution in [2.75, 3.05) is 21.3 Å². The first-order chi connectivity index (χ1) is 10.7. The first kappa shape index (κ1) is 15.3. The highest BCUT2D eigenvalue weighted by Gasteiger charge is 2.20. The first-order valence-corrected chi connectivity index (χ1v) is 6.33. The van der Waals surface area contributed by atoms with E-state index in [4.69, 9.17) is 14.2 Å². The van der Waals surface area contributed by atoms with Gasteiger partial charge in [-0.15, -0.1) is 0 Å². The standard InChI is InChI=1S/C16H14N2O4/c1-20-13-10-14(21-2)18-12(15(13)16(19)22-3)5-4-11-6-8-17-9-7-11/h6-10H,1-3H3. The van der Waals surface area contributed by atoms with Gasteiger partial charge >= 0.3 is 5.97 Å². The van der Waals surface area contributed by atoms with Gasteiger partial charge in [-0.2, -0.15) is 0 Å². The van der Waals surface area contributed by atoms with Gasteiger partial charge < -0.3 is 14.2 Å². The van der Waals surface area contributed by atoms with Gasteiger partial charge in [-0.25, -0.2) is 9.78 Å². The molecule has 112 valence electrons. The van der Waals surface area contributed by atoms with E-state index in [1.807, 2.05) is 0 Å². The fraction of sp³-hybridized carbons (Fsp3) is 0.188. The van der Waals surface area contributed by atoms with E-state index in [9.17, 15) is 4.79 Å². The summed E-state index contributed by atoms with van der Waals surface area (Å²) in [5.74, 6) is 5.76. The Morgan fingerprint density at radius 2 is 1.82 bits per heavy atom. The molecule has 0 aromatic carbocycles. The molecule has 0 atom stereocenters. The van der Waals surface area contributed by atoms with Gasteiger partial charge in [0.2, 0.25) is 5.88 Å². The smallest absolute Gasteiger partial charge is 0.344 e. The number of pyridine rings is 2. The van der Waals surface area contributed by atoms with Crippen LogP contribution < -0.4 is 9.47 Å². The van der Waals surface area contributed by atoms with E-state index < -0.39 is 5.97 Å². The average Bonchev–Trinajstić information content (AvgIpc) is 2.59. The molecule has 0 bridgehead atoms. The molecule has 0 saturated carbocycles. The summed E-state index contributed by atoms with van der Waals surface area (Å²) >= 11 is 0. The van der Waals surface area contributed by atoms with E-state index >= 15 is 0 Å². The normalized spacial score (nSPS) is 9.41. The fourth-order valence-electron chi connectivity index (χ4n) is 1.72. The van der Waals surface area contributed by atoms with Gasteiger partial charge in [0.15, 0.2) is 0 Å². The number of ether oxygens (including phenoxy) is 3. The molecule has 0 N–H and O–H groups in total. The molecule has 2 aromatic heterocycles. The van der Waals surface area contributed by atoms with Crippen LogP contribution in [0.5, 0.6) is 11.6 Å². The molecular weight excluding hydrogens is 284 g/mol. The maximum atomic E-state index is 12.0. The van der Waals surface area contributed by atoms with E-state index in [1.54, 1.807) is 24.5 Å². The van der Waals surface area contributed by atoms with Crippen LogP contribution in [0.1, 0.15) is 21.6 Å². The monoisotopic (exact) mass is 298 g/mol. The number of hydrogen-bond acceptors (Lipinski definition) is 6. The Balaban J connectivity index is 2.57. The van der Waals surface area contributed by atoms with Crippen LogP contribution in [0.3, 0.4) is 0 Å². The Bertz CT molecular complexity index is 733. The molecule has 6 heteroatoms. The first-order valence-electron chi connectivity index (χ1n) is 6.33. The summed E-state index contributed by atoms with van der Waals surface area (Å²) in [5, 5.41) is 0. The van der Waals surface area contributed by atoms with Gasteiger partial charge in [-0.05, 0) is 18.1 Å². The predicted octanol–water partition coefficient (Wildman–Crippen LogP) is 1.68. The number of nitrogens with zero attached hydrogens (tertiary/aromatic N) is 2. The fourth-order valence-corrected chi connectivity index (χ4v) is 1.72. The van der Waals surface area contributed by atoms with Gasteiger partial charge in [0.05, 0.1) is 21.3 Å². The van der Waals surface area contributed by atoms with Crippen molar-refractivity contribution >= 4 is 5.97 Å². The number of methoxy groups -OCH3 is 3. The lowest BCUT2D eigenvalue weighted by Crippen LogP contribution is -2.09. The number of carbonyl (C=O) groups is 1. The average molecular weight is 298 g/mol. The van der Waals surface area contributed by atoms with Crippen LogP contribution in [0.2, 0.25) is 0 Å². The van der Waals surface area contributed by atoms with E-state index in [-0.39, 0.29) is 17.0 Å². The van der Waals surface area contributed by atoms with Crippen LogP contribution in [0, 0.1) is 11.8 Å². The molecule has 0 aliphatic rings. The van der Waals surface area contributed by atoms with Crippen LogP contribution in [0.25, 0.3) is 0 Å². The second-order valence-electron chi connectivity index (χ2n) is 4.07. The van der Waals surface area contributed by atoms with Crippen molar-refractivity contribution in [2.45, 2.75) is 0 Å². The molecule has 22 heavy (non-hydrogen) atoms. The third kappa shape index (κ3) is 3.33. The minimum Gasteiger partial charge on any atom is -0.496 e. The lowest BCUT2D eigenvalue weighted by molar-refractivity contribution is 0.0596. The molecule has 2 rings (SSSR count). The Kier molecular flexibility index (Phi) is 4.94. The highest BCUT2D eigenvalue weighted by molar-refractivity contribution is 5.95. The quantitative estimate of drug-likeness (QED) is 0.634. The largest absolute Gasteiger partial charge is 0.496 e. The van der Waals surface area contributed by atoms with Crippen LogP contribution in [-0.2, 0) is 4.74 Å². The maximum absolute atomic E-state index is 12.0. The highest BCUT2D eigenvalue weighted by Crippen LogP contribution is 2.26. The predicted molar refractivity (Wildman–Crippen MR) is 78.9 cm³/mol. The molecule has 0 fully saturated rings. The highest BCUT2D eigenvalue weighted by atomic mass is 16.5. The Hall–Kier alpha value is -3.07. The number of hydrogen-bond donors (Lipinski definition) is 0. The summed E-state index contributed by atoms with van der Waals surface area (Å²) in [7, 11) is 4.20. The summed E-state index contributed by atoms with van der Waals surface area (Å²) in [6.07, 6.45) is 3.26. The van der Waals surface area contributed by atoms with Gasteiger partial charge in [-0.1, -0.05) is 5.92 Å². The SMILES string of the molecule is COC(=O)c1c(OC)cc(OC)nc1C#Cc1ccncc1. The zero-order valence-electron chi connectivity index (χ0n) is 12.4. The molecule has 0 aliphatic carbocycles. The van der Waals surface area contributed by atoms with Crippen molar-refractivity contribution < 1.29 is 19.0 Å². The second kappa shape index (κ2) is 7.09. The molecule has 0 saturated heterocycles. The number of carbonyl (C=O) groups excluding carboxylic acids is 1. The van der Waals surface area contributed by atoms with Gasteiger partial charge in [0.25, 0.3) is 0 Å². The number of rotatable bonds is 3. The summed E-state index contributed by atoms with van der Waals surface area (Å²) in [6, 6.07) is 5.01. The summed E-state index contributed by atoms with van der Waals surface area (Å²) in [4.78, 5) is 20.1. The van der Waals surface area contributed by atoms with Crippen molar-refractivity contribution in [3.8, 4) is 23.5 Å². The van der Waals surface area contributed by atoms with E-state index in [0.29, 0.717) is 5.88 Å².